The second kappa shape index (κ2) is 5.85. The van der Waals surface area contributed by atoms with Crippen LogP contribution in [-0.4, -0.2) is 24.4 Å². The lowest BCUT2D eigenvalue weighted by Crippen LogP contribution is -2.41. The number of hydrogen-bond donors (Lipinski definition) is 2. The summed E-state index contributed by atoms with van der Waals surface area (Å²) in [6, 6.07) is 11.1. The van der Waals surface area contributed by atoms with E-state index in [1.807, 2.05) is 25.1 Å². The zero-order chi connectivity index (χ0) is 16.6. The summed E-state index contributed by atoms with van der Waals surface area (Å²) in [6.45, 7) is 3.98. The fourth-order valence-electron chi connectivity index (χ4n) is 3.28. The van der Waals surface area contributed by atoms with E-state index in [0.29, 0.717) is 17.7 Å². The van der Waals surface area contributed by atoms with Crippen molar-refractivity contribution < 1.29 is 14.2 Å². The van der Waals surface area contributed by atoms with Crippen molar-refractivity contribution in [3.05, 3.63) is 58.7 Å². The van der Waals surface area contributed by atoms with Gasteiger partial charge in [0.15, 0.2) is 11.8 Å². The minimum atomic E-state index is -1.51. The molecule has 0 aliphatic heterocycles. The predicted octanol–water partition coefficient (Wildman–Crippen LogP) is 3.61. The second-order valence-corrected chi connectivity index (χ2v) is 6.34. The summed E-state index contributed by atoms with van der Waals surface area (Å²) in [4.78, 5) is 0. The highest BCUT2D eigenvalue weighted by Gasteiger charge is 2.48. The number of nitrogens with one attached hydrogen (secondary N) is 1. The number of aromatic hydroxyl groups is 1. The molecule has 0 bridgehead atoms. The van der Waals surface area contributed by atoms with Crippen LogP contribution < -0.4 is 10.1 Å². The van der Waals surface area contributed by atoms with E-state index < -0.39 is 11.8 Å². The van der Waals surface area contributed by atoms with Gasteiger partial charge in [0.25, 0.3) is 0 Å². The van der Waals surface area contributed by atoms with Crippen molar-refractivity contribution >= 4 is 0 Å². The zero-order valence-electron chi connectivity index (χ0n) is 13.7. The van der Waals surface area contributed by atoms with Gasteiger partial charge in [0.05, 0.1) is 0 Å². The Hall–Kier alpha value is -2.07. The molecule has 2 aromatic carbocycles. The van der Waals surface area contributed by atoms with Crippen LogP contribution in [0.4, 0.5) is 4.39 Å². The van der Waals surface area contributed by atoms with Crippen molar-refractivity contribution in [1.29, 1.82) is 0 Å². The molecule has 1 aliphatic rings. The van der Waals surface area contributed by atoms with Gasteiger partial charge in [-0.3, -0.25) is 0 Å². The Labute approximate surface area is 136 Å². The number of aryl methyl sites for hydroxylation is 1. The van der Waals surface area contributed by atoms with E-state index in [1.165, 1.54) is 0 Å². The molecule has 0 saturated heterocycles. The molecule has 4 heteroatoms. The molecule has 0 fully saturated rings. The SMILES string of the molecule is CNCC1(F)Cc2ccc(C)cc2C1Oc1cccc(O)c1C. The Morgan fingerprint density at radius 3 is 2.83 bits per heavy atom. The number of hydrogen-bond acceptors (Lipinski definition) is 3. The Balaban J connectivity index is 2.03. The molecule has 0 aromatic heterocycles. The van der Waals surface area contributed by atoms with Crippen LogP contribution in [0.5, 0.6) is 11.5 Å². The third-order valence-electron chi connectivity index (χ3n) is 4.51. The van der Waals surface area contributed by atoms with Crippen LogP contribution in [-0.2, 0) is 6.42 Å². The number of fused-ring (bicyclic) bond motifs is 1. The van der Waals surface area contributed by atoms with Crippen LogP contribution in [0, 0.1) is 13.8 Å². The van der Waals surface area contributed by atoms with Gasteiger partial charge in [0.2, 0.25) is 0 Å². The van der Waals surface area contributed by atoms with Crippen LogP contribution in [0.25, 0.3) is 0 Å². The summed E-state index contributed by atoms with van der Waals surface area (Å²) < 4.78 is 21.6. The van der Waals surface area contributed by atoms with Gasteiger partial charge >= 0.3 is 0 Å². The smallest absolute Gasteiger partial charge is 0.168 e. The van der Waals surface area contributed by atoms with Gasteiger partial charge < -0.3 is 15.2 Å². The number of alkyl halides is 1. The lowest BCUT2D eigenvalue weighted by molar-refractivity contribution is 0.0226. The zero-order valence-corrected chi connectivity index (χ0v) is 13.7. The number of benzene rings is 2. The molecule has 0 heterocycles. The van der Waals surface area contributed by atoms with Crippen molar-refractivity contribution in [3.8, 4) is 11.5 Å². The summed E-state index contributed by atoms with van der Waals surface area (Å²) in [5.41, 5.74) is 2.07. The summed E-state index contributed by atoms with van der Waals surface area (Å²) in [6.07, 6.45) is -0.364. The van der Waals surface area contributed by atoms with Gasteiger partial charge in [-0.15, -0.1) is 0 Å². The first-order valence-electron chi connectivity index (χ1n) is 7.83. The summed E-state index contributed by atoms with van der Waals surface area (Å²) in [5.74, 6) is 0.672. The topological polar surface area (TPSA) is 41.5 Å². The highest BCUT2D eigenvalue weighted by atomic mass is 19.1. The van der Waals surface area contributed by atoms with Crippen molar-refractivity contribution in [2.24, 2.45) is 0 Å². The standard InChI is InChI=1S/C19H22FNO2/c1-12-7-8-14-10-19(20,11-21-3)18(15(14)9-12)23-17-6-4-5-16(22)13(17)2/h4-9,18,21-22H,10-11H2,1-3H3. The van der Waals surface area contributed by atoms with Crippen LogP contribution >= 0.6 is 0 Å². The third kappa shape index (κ3) is 2.79. The first-order chi connectivity index (χ1) is 10.9. The molecule has 0 spiro atoms. The van der Waals surface area contributed by atoms with E-state index >= 15 is 4.39 Å². The Kier molecular flexibility index (Phi) is 4.02. The number of halogens is 1. The van der Waals surface area contributed by atoms with E-state index in [0.717, 1.165) is 16.7 Å². The Morgan fingerprint density at radius 2 is 2.09 bits per heavy atom. The quantitative estimate of drug-likeness (QED) is 0.905. The van der Waals surface area contributed by atoms with Crippen molar-refractivity contribution in [3.63, 3.8) is 0 Å². The van der Waals surface area contributed by atoms with E-state index in [1.54, 1.807) is 32.2 Å². The van der Waals surface area contributed by atoms with Gasteiger partial charge in [-0.05, 0) is 44.2 Å². The number of ether oxygens (including phenoxy) is 1. The van der Waals surface area contributed by atoms with Crippen molar-refractivity contribution in [2.75, 3.05) is 13.6 Å². The minimum absolute atomic E-state index is 0.156. The normalized spacial score (nSPS) is 22.9. The molecule has 2 N–H and O–H groups in total. The maximum atomic E-state index is 15.6. The molecule has 2 atom stereocenters. The van der Waals surface area contributed by atoms with Gasteiger partial charge in [0, 0.05) is 18.5 Å². The third-order valence-corrected chi connectivity index (χ3v) is 4.51. The molecule has 0 amide bonds. The van der Waals surface area contributed by atoms with Gasteiger partial charge in [-0.2, -0.15) is 0 Å². The average Bonchev–Trinajstić information content (AvgIpc) is 2.76. The summed E-state index contributed by atoms with van der Waals surface area (Å²) in [5, 5.41) is 12.8. The lowest BCUT2D eigenvalue weighted by Gasteiger charge is -2.29. The van der Waals surface area contributed by atoms with Crippen LogP contribution in [0.3, 0.4) is 0 Å². The maximum Gasteiger partial charge on any atom is 0.168 e. The van der Waals surface area contributed by atoms with Crippen molar-refractivity contribution in [1.82, 2.24) is 5.32 Å². The second-order valence-electron chi connectivity index (χ2n) is 6.34. The largest absolute Gasteiger partial charge is 0.508 e. The minimum Gasteiger partial charge on any atom is -0.508 e. The summed E-state index contributed by atoms with van der Waals surface area (Å²) >= 11 is 0. The van der Waals surface area contributed by atoms with E-state index in [9.17, 15) is 5.11 Å². The van der Waals surface area contributed by atoms with Crippen LogP contribution in [0.2, 0.25) is 0 Å². The molecule has 3 nitrogen and oxygen atoms in total. The number of phenols is 1. The molecule has 23 heavy (non-hydrogen) atoms. The van der Waals surface area contributed by atoms with Crippen molar-refractivity contribution in [2.45, 2.75) is 32.0 Å². The number of phenolic OH excluding ortho intramolecular Hbond substituents is 1. The van der Waals surface area contributed by atoms with E-state index in [2.05, 4.69) is 5.32 Å². The Bertz CT molecular complexity index is 731. The maximum absolute atomic E-state index is 15.6. The first-order valence-corrected chi connectivity index (χ1v) is 7.83. The first kappa shape index (κ1) is 15.8. The molecule has 2 aromatic rings. The molecule has 3 rings (SSSR count). The van der Waals surface area contributed by atoms with E-state index in [-0.39, 0.29) is 12.3 Å². The van der Waals surface area contributed by atoms with Gasteiger partial charge in [0.1, 0.15) is 11.5 Å². The molecule has 1 aliphatic carbocycles. The Morgan fingerprint density at radius 1 is 1.30 bits per heavy atom. The molecule has 0 radical (unpaired) electrons. The fourth-order valence-corrected chi connectivity index (χ4v) is 3.28. The van der Waals surface area contributed by atoms with E-state index in [4.69, 9.17) is 4.74 Å². The molecule has 2 unspecified atom stereocenters. The van der Waals surface area contributed by atoms with Crippen LogP contribution in [0.1, 0.15) is 28.4 Å². The molecule has 122 valence electrons. The monoisotopic (exact) mass is 315 g/mol. The molecule has 0 saturated carbocycles. The fraction of sp³-hybridized carbons (Fsp3) is 0.368. The lowest BCUT2D eigenvalue weighted by atomic mass is 9.99. The van der Waals surface area contributed by atoms with Crippen LogP contribution in [0.15, 0.2) is 36.4 Å². The highest BCUT2D eigenvalue weighted by molar-refractivity contribution is 5.46. The highest BCUT2D eigenvalue weighted by Crippen LogP contribution is 2.45. The molecular formula is C19H22FNO2. The van der Waals surface area contributed by atoms with Gasteiger partial charge in [-0.1, -0.05) is 29.8 Å². The number of rotatable bonds is 4. The molecular weight excluding hydrogens is 293 g/mol. The average molecular weight is 315 g/mol. The summed E-state index contributed by atoms with van der Waals surface area (Å²) in [7, 11) is 1.74. The van der Waals surface area contributed by atoms with Gasteiger partial charge in [-0.25, -0.2) is 4.39 Å². The predicted molar refractivity (Wildman–Crippen MR) is 88.9 cm³/mol.